The van der Waals surface area contributed by atoms with Gasteiger partial charge >= 0.3 is 0 Å². The topological polar surface area (TPSA) is 180 Å². The molecule has 0 spiro atoms. The lowest BCUT2D eigenvalue weighted by atomic mass is 10.1. The van der Waals surface area contributed by atoms with Crippen LogP contribution in [0.2, 0.25) is 0 Å². The molecule has 33 heavy (non-hydrogen) atoms. The zero-order valence-electron chi connectivity index (χ0n) is 17.6. The van der Waals surface area contributed by atoms with E-state index in [1.165, 1.54) is 36.7 Å². The molecule has 3 rings (SSSR count). The molecule has 1 aromatic heterocycles. The standard InChI is InChI=1S/C22H21N5O6/c1-11-19(21(32)26-23-9-13-3-5-15(28)7-17(13)30)12(2)25-20(11)22(33)27-24-10-14-4-6-16(29)8-18(14)31/h3-10,25,28-31H,1-2H3,(H,26,32)(H,27,33)/b23-9+,24-10+. The first-order valence-corrected chi connectivity index (χ1v) is 9.57. The highest BCUT2D eigenvalue weighted by Gasteiger charge is 2.21. The van der Waals surface area contributed by atoms with Gasteiger partial charge in [-0.05, 0) is 43.7 Å². The van der Waals surface area contributed by atoms with E-state index in [4.69, 9.17) is 0 Å². The van der Waals surface area contributed by atoms with Gasteiger partial charge in [0.1, 0.15) is 28.7 Å². The van der Waals surface area contributed by atoms with Gasteiger partial charge in [0.2, 0.25) is 0 Å². The van der Waals surface area contributed by atoms with Crippen LogP contribution in [-0.4, -0.2) is 49.7 Å². The summed E-state index contributed by atoms with van der Waals surface area (Å²) in [6.45, 7) is 3.20. The van der Waals surface area contributed by atoms with E-state index in [2.05, 4.69) is 26.0 Å². The van der Waals surface area contributed by atoms with Crippen molar-refractivity contribution in [2.24, 2.45) is 10.2 Å². The molecule has 2 aromatic carbocycles. The van der Waals surface area contributed by atoms with Crippen molar-refractivity contribution in [2.45, 2.75) is 13.8 Å². The molecule has 0 fully saturated rings. The first kappa shape index (κ1) is 22.9. The van der Waals surface area contributed by atoms with Gasteiger partial charge in [0, 0.05) is 29.0 Å². The van der Waals surface area contributed by atoms with Crippen molar-refractivity contribution in [1.29, 1.82) is 0 Å². The van der Waals surface area contributed by atoms with Crippen LogP contribution in [-0.2, 0) is 0 Å². The third-order valence-electron chi connectivity index (χ3n) is 4.66. The molecule has 0 saturated carbocycles. The highest BCUT2D eigenvalue weighted by atomic mass is 16.3. The van der Waals surface area contributed by atoms with E-state index in [0.29, 0.717) is 11.3 Å². The van der Waals surface area contributed by atoms with Gasteiger partial charge in [0.05, 0.1) is 18.0 Å². The van der Waals surface area contributed by atoms with Gasteiger partial charge in [0.25, 0.3) is 11.8 Å². The monoisotopic (exact) mass is 451 g/mol. The Morgan fingerprint density at radius 2 is 1.30 bits per heavy atom. The Hall–Kier alpha value is -4.80. The Balaban J connectivity index is 1.69. The number of hydrogen-bond acceptors (Lipinski definition) is 8. The number of aromatic nitrogens is 1. The van der Waals surface area contributed by atoms with Crippen molar-refractivity contribution in [2.75, 3.05) is 0 Å². The highest BCUT2D eigenvalue weighted by Crippen LogP contribution is 2.22. The van der Waals surface area contributed by atoms with Gasteiger partial charge in [-0.2, -0.15) is 10.2 Å². The average molecular weight is 451 g/mol. The van der Waals surface area contributed by atoms with Crippen LogP contribution in [0.15, 0.2) is 46.6 Å². The van der Waals surface area contributed by atoms with E-state index >= 15 is 0 Å². The number of phenolic OH excluding ortho intramolecular Hbond substituents is 4. The summed E-state index contributed by atoms with van der Waals surface area (Å²) in [6, 6.07) is 7.84. The molecule has 170 valence electrons. The molecule has 0 radical (unpaired) electrons. The van der Waals surface area contributed by atoms with Crippen LogP contribution in [0.25, 0.3) is 0 Å². The van der Waals surface area contributed by atoms with Gasteiger partial charge in [-0.15, -0.1) is 0 Å². The Labute approximate surface area is 187 Å². The number of nitrogens with zero attached hydrogens (tertiary/aromatic N) is 2. The molecule has 0 saturated heterocycles. The summed E-state index contributed by atoms with van der Waals surface area (Å²) in [6.07, 6.45) is 2.42. The third-order valence-corrected chi connectivity index (χ3v) is 4.66. The fourth-order valence-electron chi connectivity index (χ4n) is 3.03. The SMILES string of the molecule is Cc1[nH]c(C(=O)N/N=C/c2ccc(O)cc2O)c(C)c1C(=O)N/N=C/c1ccc(O)cc1O. The Kier molecular flexibility index (Phi) is 6.63. The van der Waals surface area contributed by atoms with E-state index in [0.717, 1.165) is 12.1 Å². The molecule has 0 unspecified atom stereocenters. The van der Waals surface area contributed by atoms with Crippen molar-refractivity contribution in [3.8, 4) is 23.0 Å². The largest absolute Gasteiger partial charge is 0.508 e. The molecule has 0 atom stereocenters. The molecule has 7 N–H and O–H groups in total. The number of carbonyl (C=O) groups excluding carboxylic acids is 2. The predicted molar refractivity (Wildman–Crippen MR) is 120 cm³/mol. The number of aromatic amines is 1. The molecule has 1 heterocycles. The zero-order valence-corrected chi connectivity index (χ0v) is 17.6. The van der Waals surface area contributed by atoms with Crippen molar-refractivity contribution >= 4 is 24.2 Å². The summed E-state index contributed by atoms with van der Waals surface area (Å²) in [7, 11) is 0. The quantitative estimate of drug-likeness (QED) is 0.222. The lowest BCUT2D eigenvalue weighted by Gasteiger charge is -2.03. The number of aromatic hydroxyl groups is 4. The molecule has 11 heteroatoms. The van der Waals surface area contributed by atoms with E-state index in [-0.39, 0.29) is 45.4 Å². The number of rotatable bonds is 6. The highest BCUT2D eigenvalue weighted by molar-refractivity contribution is 6.03. The zero-order chi connectivity index (χ0) is 24.1. The van der Waals surface area contributed by atoms with Crippen LogP contribution in [0.1, 0.15) is 43.2 Å². The van der Waals surface area contributed by atoms with E-state index in [9.17, 15) is 30.0 Å². The maximum Gasteiger partial charge on any atom is 0.288 e. The van der Waals surface area contributed by atoms with Crippen LogP contribution in [0.4, 0.5) is 0 Å². The fraction of sp³-hybridized carbons (Fsp3) is 0.0909. The summed E-state index contributed by atoms with van der Waals surface area (Å²) in [4.78, 5) is 27.9. The van der Waals surface area contributed by atoms with Crippen molar-refractivity contribution in [1.82, 2.24) is 15.8 Å². The molecule has 0 bridgehead atoms. The predicted octanol–water partition coefficient (Wildman–Crippen LogP) is 1.98. The van der Waals surface area contributed by atoms with Crippen LogP contribution in [0, 0.1) is 13.8 Å². The third kappa shape index (κ3) is 5.28. The molecule has 0 aliphatic heterocycles. The molecular formula is C22H21N5O6. The van der Waals surface area contributed by atoms with E-state index < -0.39 is 11.8 Å². The fourth-order valence-corrected chi connectivity index (χ4v) is 3.03. The number of H-pyrrole nitrogens is 1. The van der Waals surface area contributed by atoms with Gasteiger partial charge < -0.3 is 25.4 Å². The number of carbonyl (C=O) groups is 2. The lowest BCUT2D eigenvalue weighted by molar-refractivity contribution is 0.0948. The number of phenols is 4. The van der Waals surface area contributed by atoms with E-state index in [1.807, 2.05) is 0 Å². The second-order valence-corrected chi connectivity index (χ2v) is 7.01. The molecule has 11 nitrogen and oxygen atoms in total. The first-order valence-electron chi connectivity index (χ1n) is 9.57. The summed E-state index contributed by atoms with van der Waals surface area (Å²) in [5.41, 5.74) is 6.32. The van der Waals surface area contributed by atoms with Gasteiger partial charge in [-0.25, -0.2) is 10.9 Å². The smallest absolute Gasteiger partial charge is 0.288 e. The Bertz CT molecular complexity index is 1280. The van der Waals surface area contributed by atoms with Gasteiger partial charge in [-0.3, -0.25) is 9.59 Å². The number of hydrazone groups is 2. The molecular weight excluding hydrogens is 430 g/mol. The minimum atomic E-state index is -0.610. The molecule has 0 aliphatic carbocycles. The first-order chi connectivity index (χ1) is 15.7. The summed E-state index contributed by atoms with van der Waals surface area (Å²) < 4.78 is 0. The van der Waals surface area contributed by atoms with Gasteiger partial charge in [-0.1, -0.05) is 0 Å². The van der Waals surface area contributed by atoms with E-state index in [1.54, 1.807) is 13.8 Å². The molecule has 0 aliphatic rings. The number of aryl methyl sites for hydroxylation is 1. The summed E-state index contributed by atoms with van der Waals surface area (Å²) in [5.74, 6) is -1.82. The number of benzene rings is 2. The molecule has 3 aromatic rings. The van der Waals surface area contributed by atoms with Crippen molar-refractivity contribution in [3.63, 3.8) is 0 Å². The van der Waals surface area contributed by atoms with Crippen molar-refractivity contribution < 1.29 is 30.0 Å². The number of hydrogen-bond donors (Lipinski definition) is 7. The maximum atomic E-state index is 12.6. The summed E-state index contributed by atoms with van der Waals surface area (Å²) in [5, 5.41) is 45.7. The average Bonchev–Trinajstić information content (AvgIpc) is 3.05. The van der Waals surface area contributed by atoms with Gasteiger partial charge in [0.15, 0.2) is 0 Å². The maximum absolute atomic E-state index is 12.6. The minimum Gasteiger partial charge on any atom is -0.508 e. The Morgan fingerprint density at radius 3 is 1.79 bits per heavy atom. The second-order valence-electron chi connectivity index (χ2n) is 7.01. The Morgan fingerprint density at radius 1 is 0.818 bits per heavy atom. The number of nitrogens with one attached hydrogen (secondary N) is 3. The van der Waals surface area contributed by atoms with Crippen LogP contribution in [0.5, 0.6) is 23.0 Å². The van der Waals surface area contributed by atoms with Crippen LogP contribution in [0.3, 0.4) is 0 Å². The van der Waals surface area contributed by atoms with Crippen LogP contribution < -0.4 is 10.9 Å². The van der Waals surface area contributed by atoms with Crippen LogP contribution >= 0.6 is 0 Å². The lowest BCUT2D eigenvalue weighted by Crippen LogP contribution is -2.21. The minimum absolute atomic E-state index is 0.109. The number of amides is 2. The second kappa shape index (κ2) is 9.56. The normalized spacial score (nSPS) is 11.2. The summed E-state index contributed by atoms with van der Waals surface area (Å²) >= 11 is 0. The molecule has 2 amide bonds. The van der Waals surface area contributed by atoms with Crippen molar-refractivity contribution in [3.05, 3.63) is 70.0 Å².